The number of anilines is 2. The number of hydrogen-bond acceptors (Lipinski definition) is 4. The Morgan fingerprint density at radius 1 is 0.758 bits per heavy atom. The van der Waals surface area contributed by atoms with Crippen LogP contribution < -0.4 is 14.8 Å². The lowest BCUT2D eigenvalue weighted by molar-refractivity contribution is 0.102. The lowest BCUT2D eigenvalue weighted by atomic mass is 10.1. The monoisotopic (exact) mass is 462 g/mol. The first-order chi connectivity index (χ1) is 15.9. The SMILES string of the molecule is O=C(Nc1cccc(Oc2ccccc2)c1)c1ccccc1NS(=O)(=O)c1ccc(F)cc1. The number of rotatable bonds is 7. The Bertz CT molecular complexity index is 1380. The van der Waals surface area contributed by atoms with Crippen molar-refractivity contribution in [3.8, 4) is 11.5 Å². The van der Waals surface area contributed by atoms with Gasteiger partial charge >= 0.3 is 0 Å². The summed E-state index contributed by atoms with van der Waals surface area (Å²) in [6.07, 6.45) is 0. The van der Waals surface area contributed by atoms with Gasteiger partial charge in [-0.15, -0.1) is 0 Å². The lowest BCUT2D eigenvalue weighted by Crippen LogP contribution is -2.18. The molecule has 0 heterocycles. The Kier molecular flexibility index (Phi) is 6.37. The number of halogens is 1. The summed E-state index contributed by atoms with van der Waals surface area (Å²) in [5, 5.41) is 2.75. The molecule has 4 rings (SSSR count). The fourth-order valence-electron chi connectivity index (χ4n) is 3.05. The third-order valence-electron chi connectivity index (χ3n) is 4.61. The predicted octanol–water partition coefficient (Wildman–Crippen LogP) is 5.67. The Morgan fingerprint density at radius 2 is 1.42 bits per heavy atom. The van der Waals surface area contributed by atoms with E-state index in [1.165, 1.54) is 12.1 Å². The van der Waals surface area contributed by atoms with E-state index in [2.05, 4.69) is 10.0 Å². The smallest absolute Gasteiger partial charge is 0.261 e. The fourth-order valence-corrected chi connectivity index (χ4v) is 4.13. The summed E-state index contributed by atoms with van der Waals surface area (Å²) in [4.78, 5) is 12.8. The summed E-state index contributed by atoms with van der Waals surface area (Å²) in [6.45, 7) is 0. The van der Waals surface area contributed by atoms with Gasteiger partial charge in [0, 0.05) is 11.8 Å². The van der Waals surface area contributed by atoms with Crippen LogP contribution in [-0.4, -0.2) is 14.3 Å². The first-order valence-corrected chi connectivity index (χ1v) is 11.4. The van der Waals surface area contributed by atoms with Gasteiger partial charge in [-0.3, -0.25) is 9.52 Å². The van der Waals surface area contributed by atoms with Crippen LogP contribution in [0.2, 0.25) is 0 Å². The largest absolute Gasteiger partial charge is 0.457 e. The standard InChI is InChI=1S/C25H19FN2O4S/c26-18-13-15-22(16-14-18)33(30,31)28-24-12-5-4-11-23(24)25(29)27-19-7-6-10-21(17-19)32-20-8-2-1-3-9-20/h1-17,28H,(H,27,29). The van der Waals surface area contributed by atoms with Crippen LogP contribution in [0.15, 0.2) is 108 Å². The number of ether oxygens (including phenoxy) is 1. The summed E-state index contributed by atoms with van der Waals surface area (Å²) in [5.41, 5.74) is 0.693. The molecule has 0 aliphatic carbocycles. The van der Waals surface area contributed by atoms with Crippen LogP contribution in [0.4, 0.5) is 15.8 Å². The number of amides is 1. The molecule has 4 aromatic rings. The molecule has 0 saturated carbocycles. The summed E-state index contributed by atoms with van der Waals surface area (Å²) in [5.74, 6) is 0.127. The molecule has 166 valence electrons. The molecule has 1 amide bonds. The normalized spacial score (nSPS) is 10.9. The highest BCUT2D eigenvalue weighted by molar-refractivity contribution is 7.92. The van der Waals surface area contributed by atoms with Crippen LogP contribution in [0.25, 0.3) is 0 Å². The fraction of sp³-hybridized carbons (Fsp3) is 0. The van der Waals surface area contributed by atoms with Gasteiger partial charge in [0.1, 0.15) is 17.3 Å². The summed E-state index contributed by atoms with van der Waals surface area (Å²) < 4.78 is 46.7. The highest BCUT2D eigenvalue weighted by atomic mass is 32.2. The first kappa shape index (κ1) is 22.0. The summed E-state index contributed by atoms with van der Waals surface area (Å²) in [6, 6.07) is 26.7. The average Bonchev–Trinajstić information content (AvgIpc) is 2.80. The van der Waals surface area contributed by atoms with Gasteiger partial charge in [0.2, 0.25) is 0 Å². The van der Waals surface area contributed by atoms with Crippen LogP contribution in [0.5, 0.6) is 11.5 Å². The van der Waals surface area contributed by atoms with E-state index in [1.54, 1.807) is 36.4 Å². The van der Waals surface area contributed by atoms with Gasteiger partial charge in [0.15, 0.2) is 0 Å². The van der Waals surface area contributed by atoms with Crippen molar-refractivity contribution < 1.29 is 22.3 Å². The van der Waals surface area contributed by atoms with E-state index in [0.717, 1.165) is 24.3 Å². The molecule has 0 fully saturated rings. The average molecular weight is 463 g/mol. The van der Waals surface area contributed by atoms with E-state index < -0.39 is 21.7 Å². The van der Waals surface area contributed by atoms with E-state index in [9.17, 15) is 17.6 Å². The summed E-state index contributed by atoms with van der Waals surface area (Å²) >= 11 is 0. The minimum absolute atomic E-state index is 0.0935. The quantitative estimate of drug-likeness (QED) is 0.371. The second-order valence-corrected chi connectivity index (χ2v) is 8.68. The maximum absolute atomic E-state index is 13.2. The van der Waals surface area contributed by atoms with Crippen molar-refractivity contribution in [3.05, 3.63) is 115 Å². The minimum Gasteiger partial charge on any atom is -0.457 e. The van der Waals surface area contributed by atoms with Crippen LogP contribution in [-0.2, 0) is 10.0 Å². The molecule has 0 spiro atoms. The molecule has 0 bridgehead atoms. The summed E-state index contributed by atoms with van der Waals surface area (Å²) in [7, 11) is -4.02. The molecule has 6 nitrogen and oxygen atoms in total. The molecular weight excluding hydrogens is 443 g/mol. The molecule has 2 N–H and O–H groups in total. The van der Waals surface area contributed by atoms with Gasteiger partial charge in [-0.25, -0.2) is 12.8 Å². The van der Waals surface area contributed by atoms with E-state index in [1.807, 2.05) is 30.3 Å². The highest BCUT2D eigenvalue weighted by Gasteiger charge is 2.19. The van der Waals surface area contributed by atoms with Crippen molar-refractivity contribution in [1.82, 2.24) is 0 Å². The van der Waals surface area contributed by atoms with Crippen molar-refractivity contribution in [2.24, 2.45) is 0 Å². The van der Waals surface area contributed by atoms with Crippen molar-refractivity contribution in [2.75, 3.05) is 10.0 Å². The van der Waals surface area contributed by atoms with Crippen molar-refractivity contribution >= 4 is 27.3 Å². The molecule has 0 atom stereocenters. The molecule has 33 heavy (non-hydrogen) atoms. The van der Waals surface area contributed by atoms with Crippen molar-refractivity contribution in [3.63, 3.8) is 0 Å². The van der Waals surface area contributed by atoms with E-state index in [0.29, 0.717) is 17.2 Å². The van der Waals surface area contributed by atoms with E-state index in [4.69, 9.17) is 4.74 Å². The van der Waals surface area contributed by atoms with Crippen LogP contribution in [0.3, 0.4) is 0 Å². The Hall–Kier alpha value is -4.17. The number of para-hydroxylation sites is 2. The van der Waals surface area contributed by atoms with Gasteiger partial charge in [-0.2, -0.15) is 0 Å². The third-order valence-corrected chi connectivity index (χ3v) is 5.99. The number of nitrogens with one attached hydrogen (secondary N) is 2. The van der Waals surface area contributed by atoms with Gasteiger partial charge < -0.3 is 10.1 Å². The third kappa shape index (κ3) is 5.55. The molecule has 0 aliphatic heterocycles. The highest BCUT2D eigenvalue weighted by Crippen LogP contribution is 2.25. The molecule has 0 radical (unpaired) electrons. The van der Waals surface area contributed by atoms with Crippen molar-refractivity contribution in [2.45, 2.75) is 4.90 Å². The van der Waals surface area contributed by atoms with Crippen LogP contribution in [0.1, 0.15) is 10.4 Å². The van der Waals surface area contributed by atoms with Crippen LogP contribution >= 0.6 is 0 Å². The van der Waals surface area contributed by atoms with Crippen LogP contribution in [0, 0.1) is 5.82 Å². The molecule has 0 unspecified atom stereocenters. The number of carbonyl (C=O) groups is 1. The van der Waals surface area contributed by atoms with Gasteiger partial charge in [-0.1, -0.05) is 36.4 Å². The van der Waals surface area contributed by atoms with Crippen molar-refractivity contribution in [1.29, 1.82) is 0 Å². The Balaban J connectivity index is 1.53. The second-order valence-electron chi connectivity index (χ2n) is 7.00. The maximum Gasteiger partial charge on any atom is 0.261 e. The van der Waals surface area contributed by atoms with E-state index >= 15 is 0 Å². The number of benzene rings is 4. The number of carbonyl (C=O) groups excluding carboxylic acids is 1. The second kappa shape index (κ2) is 9.54. The molecule has 4 aromatic carbocycles. The number of hydrogen-bond donors (Lipinski definition) is 2. The maximum atomic E-state index is 13.2. The zero-order valence-electron chi connectivity index (χ0n) is 17.2. The molecule has 0 aromatic heterocycles. The molecular formula is C25H19FN2O4S. The molecule has 0 saturated heterocycles. The number of sulfonamides is 1. The molecule has 8 heteroatoms. The Morgan fingerprint density at radius 3 is 2.18 bits per heavy atom. The molecule has 0 aliphatic rings. The Labute approximate surface area is 190 Å². The van der Waals surface area contributed by atoms with Gasteiger partial charge in [-0.05, 0) is 60.7 Å². The zero-order chi connectivity index (χ0) is 23.3. The van der Waals surface area contributed by atoms with Gasteiger partial charge in [0.25, 0.3) is 15.9 Å². The topological polar surface area (TPSA) is 84.5 Å². The minimum atomic E-state index is -4.02. The van der Waals surface area contributed by atoms with Gasteiger partial charge in [0.05, 0.1) is 16.1 Å². The van der Waals surface area contributed by atoms with E-state index in [-0.39, 0.29) is 16.1 Å². The zero-order valence-corrected chi connectivity index (χ0v) is 18.1. The first-order valence-electron chi connectivity index (χ1n) is 9.92. The lowest BCUT2D eigenvalue weighted by Gasteiger charge is -2.13. The predicted molar refractivity (Wildman–Crippen MR) is 125 cm³/mol.